The quantitative estimate of drug-likeness (QED) is 0.707. The highest BCUT2D eigenvalue weighted by Gasteiger charge is 2.20. The predicted octanol–water partition coefficient (Wildman–Crippen LogP) is 4.17. The van der Waals surface area contributed by atoms with Gasteiger partial charge in [0.15, 0.2) is 0 Å². The maximum Gasteiger partial charge on any atom is 0.229 e. The van der Waals surface area contributed by atoms with Gasteiger partial charge in [-0.15, -0.1) is 0 Å². The minimum absolute atomic E-state index is 0.626. The van der Waals surface area contributed by atoms with E-state index in [1.807, 2.05) is 24.4 Å². The van der Waals surface area contributed by atoms with Crippen molar-refractivity contribution in [3.05, 3.63) is 65.9 Å². The van der Waals surface area contributed by atoms with Crippen molar-refractivity contribution in [2.75, 3.05) is 48.4 Å². The Bertz CT molecular complexity index is 983. The third kappa shape index (κ3) is 4.26. The molecule has 0 radical (unpaired) electrons. The first-order chi connectivity index (χ1) is 14.1. The summed E-state index contributed by atoms with van der Waals surface area (Å²) in [5.74, 6) is 2.50. The molecule has 1 saturated heterocycles. The molecule has 3 aromatic rings. The van der Waals surface area contributed by atoms with E-state index >= 15 is 0 Å². The van der Waals surface area contributed by atoms with Crippen LogP contribution in [0.5, 0.6) is 5.75 Å². The van der Waals surface area contributed by atoms with Crippen molar-refractivity contribution in [3.8, 4) is 5.75 Å². The predicted molar refractivity (Wildman–Crippen MR) is 119 cm³/mol. The molecule has 1 aliphatic rings. The number of nitrogens with one attached hydrogen (secondary N) is 1. The first-order valence-electron chi connectivity index (χ1n) is 9.94. The Hall–Kier alpha value is -3.28. The summed E-state index contributed by atoms with van der Waals surface area (Å²) in [6.45, 7) is 7.83. The molecule has 0 amide bonds. The van der Waals surface area contributed by atoms with Gasteiger partial charge in [-0.2, -0.15) is 4.98 Å². The van der Waals surface area contributed by atoms with Crippen LogP contribution in [0.3, 0.4) is 0 Å². The lowest BCUT2D eigenvalue weighted by Gasteiger charge is -2.37. The molecule has 0 atom stereocenters. The average Bonchev–Trinajstić information content (AvgIpc) is 2.76. The number of benzene rings is 2. The fraction of sp³-hybridized carbons (Fsp3) is 0.304. The molecule has 150 valence electrons. The van der Waals surface area contributed by atoms with Gasteiger partial charge >= 0.3 is 0 Å². The molecule has 1 aliphatic heterocycles. The normalized spacial score (nSPS) is 14.0. The second-order valence-corrected chi connectivity index (χ2v) is 7.33. The average molecular weight is 390 g/mol. The van der Waals surface area contributed by atoms with Crippen LogP contribution in [0.25, 0.3) is 0 Å². The molecule has 0 unspecified atom stereocenters. The van der Waals surface area contributed by atoms with Crippen LogP contribution in [0.15, 0.2) is 54.7 Å². The van der Waals surface area contributed by atoms with Crippen LogP contribution in [0.1, 0.15) is 11.1 Å². The zero-order valence-electron chi connectivity index (χ0n) is 17.2. The van der Waals surface area contributed by atoms with Crippen molar-refractivity contribution in [3.63, 3.8) is 0 Å². The van der Waals surface area contributed by atoms with E-state index < -0.39 is 0 Å². The number of hydrogen-bond donors (Lipinski definition) is 1. The van der Waals surface area contributed by atoms with Crippen LogP contribution in [-0.4, -0.2) is 43.3 Å². The zero-order valence-corrected chi connectivity index (χ0v) is 17.2. The number of aromatic nitrogens is 2. The van der Waals surface area contributed by atoms with E-state index in [1.54, 1.807) is 7.11 Å². The van der Waals surface area contributed by atoms with Gasteiger partial charge in [-0.3, -0.25) is 0 Å². The van der Waals surface area contributed by atoms with Gasteiger partial charge < -0.3 is 19.9 Å². The second kappa shape index (κ2) is 8.39. The Morgan fingerprint density at radius 3 is 2.45 bits per heavy atom. The molecule has 0 aliphatic carbocycles. The maximum atomic E-state index is 5.52. The summed E-state index contributed by atoms with van der Waals surface area (Å²) in [7, 11) is 1.72. The summed E-state index contributed by atoms with van der Waals surface area (Å²) < 4.78 is 5.52. The minimum atomic E-state index is 0.626. The van der Waals surface area contributed by atoms with E-state index in [0.29, 0.717) is 5.95 Å². The zero-order chi connectivity index (χ0) is 20.2. The first-order valence-corrected chi connectivity index (χ1v) is 9.94. The second-order valence-electron chi connectivity index (χ2n) is 7.33. The molecule has 2 heterocycles. The van der Waals surface area contributed by atoms with Crippen molar-refractivity contribution in [1.29, 1.82) is 0 Å². The molecule has 29 heavy (non-hydrogen) atoms. The lowest BCUT2D eigenvalue weighted by molar-refractivity contribution is 0.413. The van der Waals surface area contributed by atoms with E-state index in [2.05, 4.69) is 64.3 Å². The Balaban J connectivity index is 1.44. The Morgan fingerprint density at radius 1 is 0.931 bits per heavy atom. The molecule has 4 rings (SSSR count). The Kier molecular flexibility index (Phi) is 5.51. The van der Waals surface area contributed by atoms with E-state index in [0.717, 1.165) is 49.1 Å². The molecule has 2 aromatic carbocycles. The molecule has 1 aromatic heterocycles. The summed E-state index contributed by atoms with van der Waals surface area (Å²) in [5.41, 5.74) is 4.61. The summed E-state index contributed by atoms with van der Waals surface area (Å²) in [4.78, 5) is 13.8. The van der Waals surface area contributed by atoms with Gasteiger partial charge in [-0.1, -0.05) is 29.8 Å². The molecule has 0 saturated carbocycles. The van der Waals surface area contributed by atoms with E-state index in [-0.39, 0.29) is 0 Å². The SMILES string of the molecule is COc1ccccc1N1CCN(c2ccnc(Nc3ccc(C)cc3C)n2)CC1. The molecule has 6 nitrogen and oxygen atoms in total. The van der Waals surface area contributed by atoms with Crippen LogP contribution < -0.4 is 19.9 Å². The van der Waals surface area contributed by atoms with Crippen molar-refractivity contribution in [2.45, 2.75) is 13.8 Å². The number of methoxy groups -OCH3 is 1. The molecule has 1 fully saturated rings. The minimum Gasteiger partial charge on any atom is -0.495 e. The van der Waals surface area contributed by atoms with Crippen LogP contribution in [-0.2, 0) is 0 Å². The number of ether oxygens (including phenoxy) is 1. The summed E-state index contributed by atoms with van der Waals surface area (Å²) in [6, 6.07) is 16.5. The van der Waals surface area contributed by atoms with Crippen LogP contribution in [0, 0.1) is 13.8 Å². The number of aryl methyl sites for hydroxylation is 2. The van der Waals surface area contributed by atoms with Crippen LogP contribution in [0.4, 0.5) is 23.1 Å². The fourth-order valence-electron chi connectivity index (χ4n) is 3.73. The van der Waals surface area contributed by atoms with Crippen molar-refractivity contribution in [2.24, 2.45) is 0 Å². The Morgan fingerprint density at radius 2 is 1.69 bits per heavy atom. The lowest BCUT2D eigenvalue weighted by Crippen LogP contribution is -2.47. The third-order valence-corrected chi connectivity index (χ3v) is 5.30. The van der Waals surface area contributed by atoms with Gasteiger partial charge in [0.2, 0.25) is 5.95 Å². The van der Waals surface area contributed by atoms with Crippen molar-refractivity contribution < 1.29 is 4.74 Å². The van der Waals surface area contributed by atoms with Gasteiger partial charge in [0.25, 0.3) is 0 Å². The summed E-state index contributed by atoms with van der Waals surface area (Å²) >= 11 is 0. The number of rotatable bonds is 5. The fourth-order valence-corrected chi connectivity index (χ4v) is 3.73. The molecular weight excluding hydrogens is 362 g/mol. The van der Waals surface area contributed by atoms with E-state index in [4.69, 9.17) is 9.72 Å². The lowest BCUT2D eigenvalue weighted by atomic mass is 10.1. The third-order valence-electron chi connectivity index (χ3n) is 5.30. The van der Waals surface area contributed by atoms with Gasteiger partial charge in [0, 0.05) is 38.1 Å². The summed E-state index contributed by atoms with van der Waals surface area (Å²) in [5, 5.41) is 3.35. The van der Waals surface area contributed by atoms with Crippen LogP contribution in [0.2, 0.25) is 0 Å². The van der Waals surface area contributed by atoms with E-state index in [1.165, 1.54) is 11.1 Å². The molecule has 0 spiro atoms. The monoisotopic (exact) mass is 389 g/mol. The number of para-hydroxylation sites is 2. The van der Waals surface area contributed by atoms with Gasteiger partial charge in [-0.25, -0.2) is 4.98 Å². The topological polar surface area (TPSA) is 53.5 Å². The van der Waals surface area contributed by atoms with Gasteiger partial charge in [0.1, 0.15) is 11.6 Å². The Labute approximate surface area is 172 Å². The number of hydrogen-bond acceptors (Lipinski definition) is 6. The van der Waals surface area contributed by atoms with Crippen molar-refractivity contribution >= 4 is 23.1 Å². The van der Waals surface area contributed by atoms with Gasteiger partial charge in [0.05, 0.1) is 12.8 Å². The molecular formula is C23H27N5O. The number of nitrogens with zero attached hydrogens (tertiary/aromatic N) is 4. The molecule has 1 N–H and O–H groups in total. The van der Waals surface area contributed by atoms with Crippen molar-refractivity contribution in [1.82, 2.24) is 9.97 Å². The number of anilines is 4. The highest BCUT2D eigenvalue weighted by atomic mass is 16.5. The van der Waals surface area contributed by atoms with Crippen LogP contribution >= 0.6 is 0 Å². The smallest absolute Gasteiger partial charge is 0.229 e. The molecule has 6 heteroatoms. The maximum absolute atomic E-state index is 5.52. The van der Waals surface area contributed by atoms with E-state index in [9.17, 15) is 0 Å². The largest absolute Gasteiger partial charge is 0.495 e. The summed E-state index contributed by atoms with van der Waals surface area (Å²) in [6.07, 6.45) is 1.82. The first kappa shape index (κ1) is 19.1. The number of piperazine rings is 1. The standard InChI is InChI=1S/C23H27N5O/c1-17-8-9-19(18(2)16-17)25-23-24-11-10-22(26-23)28-14-12-27(13-15-28)20-6-4-5-7-21(20)29-3/h4-11,16H,12-15H2,1-3H3,(H,24,25,26). The van der Waals surface area contributed by atoms with Gasteiger partial charge in [-0.05, 0) is 43.7 Å². The molecule has 0 bridgehead atoms. The highest BCUT2D eigenvalue weighted by Crippen LogP contribution is 2.29. The highest BCUT2D eigenvalue weighted by molar-refractivity contribution is 5.61.